The summed E-state index contributed by atoms with van der Waals surface area (Å²) in [6.07, 6.45) is -0.126. The highest BCUT2D eigenvalue weighted by Gasteiger charge is 2.34. The number of morpholine rings is 1. The van der Waals surface area contributed by atoms with Crippen LogP contribution in [0.2, 0.25) is 5.02 Å². The number of ether oxygens (including phenoxy) is 1. The monoisotopic (exact) mass is 446 g/mol. The first-order valence-electron chi connectivity index (χ1n) is 9.73. The smallest absolute Gasteiger partial charge is 0.236 e. The van der Waals surface area contributed by atoms with Gasteiger partial charge in [0, 0.05) is 23.7 Å². The van der Waals surface area contributed by atoms with Gasteiger partial charge in [0.05, 0.1) is 17.1 Å². The first-order valence-corrected chi connectivity index (χ1v) is 11.6. The fourth-order valence-electron chi connectivity index (χ4n) is 3.67. The van der Waals surface area contributed by atoms with E-state index in [9.17, 15) is 8.42 Å². The summed E-state index contributed by atoms with van der Waals surface area (Å²) >= 11 is 5.94. The Hall–Kier alpha value is -2.35. The zero-order valence-electron chi connectivity index (χ0n) is 17.0. The van der Waals surface area contributed by atoms with Crippen molar-refractivity contribution in [2.75, 3.05) is 18.0 Å². The number of oxazole rings is 1. The van der Waals surface area contributed by atoms with E-state index in [0.29, 0.717) is 18.1 Å². The third kappa shape index (κ3) is 3.97. The van der Waals surface area contributed by atoms with Gasteiger partial charge in [0.2, 0.25) is 26.6 Å². The number of aromatic nitrogens is 1. The molecule has 0 aliphatic carbocycles. The van der Waals surface area contributed by atoms with Gasteiger partial charge in [0.1, 0.15) is 0 Å². The molecule has 0 saturated carbocycles. The maximum absolute atomic E-state index is 13.5. The lowest BCUT2D eigenvalue weighted by atomic mass is 10.1. The number of aryl methyl sites for hydroxylation is 1. The largest absolute Gasteiger partial charge is 0.419 e. The van der Waals surface area contributed by atoms with E-state index in [0.717, 1.165) is 11.1 Å². The fraction of sp³-hybridized carbons (Fsp3) is 0.318. The number of hydrogen-bond acceptors (Lipinski definition) is 6. The van der Waals surface area contributed by atoms with Crippen molar-refractivity contribution in [1.82, 2.24) is 4.98 Å². The average Bonchev–Trinajstić information content (AvgIpc) is 3.14. The van der Waals surface area contributed by atoms with Crippen LogP contribution >= 0.6 is 11.6 Å². The van der Waals surface area contributed by atoms with E-state index in [2.05, 4.69) is 4.98 Å². The molecule has 2 heterocycles. The van der Waals surface area contributed by atoms with E-state index in [1.165, 1.54) is 12.1 Å². The van der Waals surface area contributed by atoms with Crippen LogP contribution in [0, 0.1) is 6.92 Å². The molecule has 1 aliphatic rings. The summed E-state index contributed by atoms with van der Waals surface area (Å²) in [5, 5.41) is 0.370. The summed E-state index contributed by atoms with van der Waals surface area (Å²) in [6, 6.07) is 13.7. The van der Waals surface area contributed by atoms with Gasteiger partial charge in [-0.25, -0.2) is 8.42 Å². The predicted molar refractivity (Wildman–Crippen MR) is 116 cm³/mol. The van der Waals surface area contributed by atoms with Crippen molar-refractivity contribution in [1.29, 1.82) is 0 Å². The molecule has 2 unspecified atom stereocenters. The quantitative estimate of drug-likeness (QED) is 0.575. The molecule has 0 N–H and O–H groups in total. The standard InChI is InChI=1S/C22H23ClN2O4S/c1-14-6-4-5-7-19(14)20-24-21(30(26,27)18-10-8-17(23)9-11-18)22(29-20)25-12-15(2)28-16(3)13-25/h4-11,15-16H,12-13H2,1-3H3. The molecule has 4 rings (SSSR count). The zero-order valence-corrected chi connectivity index (χ0v) is 18.6. The zero-order chi connectivity index (χ0) is 21.5. The second-order valence-electron chi connectivity index (χ2n) is 7.56. The van der Waals surface area contributed by atoms with Gasteiger partial charge in [0.25, 0.3) is 0 Å². The molecule has 3 aromatic rings. The van der Waals surface area contributed by atoms with Crippen molar-refractivity contribution in [3.05, 3.63) is 59.1 Å². The predicted octanol–water partition coefficient (Wildman–Crippen LogP) is 4.75. The Morgan fingerprint density at radius 3 is 2.30 bits per heavy atom. The summed E-state index contributed by atoms with van der Waals surface area (Å²) in [4.78, 5) is 6.48. The topological polar surface area (TPSA) is 72.6 Å². The third-order valence-corrected chi connectivity index (χ3v) is 6.96. The molecule has 8 heteroatoms. The maximum Gasteiger partial charge on any atom is 0.236 e. The van der Waals surface area contributed by atoms with Gasteiger partial charge in [-0.15, -0.1) is 0 Å². The lowest BCUT2D eigenvalue weighted by molar-refractivity contribution is -0.00657. The summed E-state index contributed by atoms with van der Waals surface area (Å²) < 4.78 is 38.9. The molecular weight excluding hydrogens is 424 g/mol. The molecule has 0 radical (unpaired) electrons. The van der Waals surface area contributed by atoms with Crippen LogP contribution in [-0.2, 0) is 14.6 Å². The van der Waals surface area contributed by atoms with Crippen LogP contribution in [0.5, 0.6) is 0 Å². The summed E-state index contributed by atoms with van der Waals surface area (Å²) in [5.74, 6) is 0.521. The number of benzene rings is 2. The minimum atomic E-state index is -3.92. The van der Waals surface area contributed by atoms with E-state index >= 15 is 0 Å². The number of sulfone groups is 1. The molecule has 1 saturated heterocycles. The Morgan fingerprint density at radius 2 is 1.67 bits per heavy atom. The minimum absolute atomic E-state index is 0.0631. The highest BCUT2D eigenvalue weighted by molar-refractivity contribution is 7.91. The summed E-state index contributed by atoms with van der Waals surface area (Å²) in [6.45, 7) is 6.86. The molecule has 1 fully saturated rings. The van der Waals surface area contributed by atoms with E-state index in [1.807, 2.05) is 49.9 Å². The Kier molecular flexibility index (Phi) is 5.61. The van der Waals surface area contributed by atoms with Crippen molar-refractivity contribution < 1.29 is 17.6 Å². The third-order valence-electron chi connectivity index (χ3n) is 5.04. The van der Waals surface area contributed by atoms with Crippen molar-refractivity contribution in [2.24, 2.45) is 0 Å². The van der Waals surface area contributed by atoms with Gasteiger partial charge < -0.3 is 14.1 Å². The first kappa shape index (κ1) is 20.9. The molecule has 0 amide bonds. The number of nitrogens with zero attached hydrogens (tertiary/aromatic N) is 2. The highest BCUT2D eigenvalue weighted by Crippen LogP contribution is 2.36. The summed E-state index contributed by atoms with van der Waals surface area (Å²) in [5.41, 5.74) is 1.70. The van der Waals surface area contributed by atoms with E-state index in [-0.39, 0.29) is 33.9 Å². The molecule has 0 spiro atoms. The molecule has 158 valence electrons. The first-order chi connectivity index (χ1) is 14.3. The van der Waals surface area contributed by atoms with E-state index in [4.69, 9.17) is 20.8 Å². The average molecular weight is 447 g/mol. The fourth-order valence-corrected chi connectivity index (χ4v) is 5.12. The Bertz CT molecular complexity index is 1150. The number of rotatable bonds is 4. The van der Waals surface area contributed by atoms with E-state index in [1.54, 1.807) is 12.1 Å². The second kappa shape index (κ2) is 8.06. The van der Waals surface area contributed by atoms with Gasteiger partial charge in [0.15, 0.2) is 0 Å². The van der Waals surface area contributed by atoms with Crippen molar-refractivity contribution in [2.45, 2.75) is 42.9 Å². The molecule has 1 aromatic heterocycles. The second-order valence-corrected chi connectivity index (χ2v) is 9.87. The molecular formula is C22H23ClN2O4S. The molecule has 2 atom stereocenters. The van der Waals surface area contributed by atoms with Crippen LogP contribution in [0.4, 0.5) is 5.88 Å². The van der Waals surface area contributed by atoms with Crippen LogP contribution in [0.25, 0.3) is 11.5 Å². The lowest BCUT2D eigenvalue weighted by Crippen LogP contribution is -2.45. The molecule has 2 aromatic carbocycles. The van der Waals surface area contributed by atoms with Gasteiger partial charge in [-0.05, 0) is 56.7 Å². The molecule has 0 bridgehead atoms. The summed E-state index contributed by atoms with van der Waals surface area (Å²) in [7, 11) is -3.92. The van der Waals surface area contributed by atoms with Crippen LogP contribution < -0.4 is 4.90 Å². The van der Waals surface area contributed by atoms with Gasteiger partial charge >= 0.3 is 0 Å². The maximum atomic E-state index is 13.5. The number of hydrogen-bond donors (Lipinski definition) is 0. The Balaban J connectivity index is 1.87. The normalized spacial score (nSPS) is 19.8. The lowest BCUT2D eigenvalue weighted by Gasteiger charge is -2.35. The van der Waals surface area contributed by atoms with Crippen molar-refractivity contribution in [3.63, 3.8) is 0 Å². The van der Waals surface area contributed by atoms with Crippen LogP contribution in [0.1, 0.15) is 19.4 Å². The van der Waals surface area contributed by atoms with Crippen LogP contribution in [0.3, 0.4) is 0 Å². The number of anilines is 1. The van der Waals surface area contributed by atoms with Gasteiger partial charge in [-0.3, -0.25) is 0 Å². The highest BCUT2D eigenvalue weighted by atomic mass is 35.5. The minimum Gasteiger partial charge on any atom is -0.419 e. The molecule has 1 aliphatic heterocycles. The molecule has 6 nitrogen and oxygen atoms in total. The number of halogens is 1. The molecule has 30 heavy (non-hydrogen) atoms. The van der Waals surface area contributed by atoms with Crippen molar-refractivity contribution in [3.8, 4) is 11.5 Å². The van der Waals surface area contributed by atoms with Crippen LogP contribution in [-0.4, -0.2) is 38.7 Å². The van der Waals surface area contributed by atoms with Gasteiger partial charge in [-0.1, -0.05) is 29.8 Å². The van der Waals surface area contributed by atoms with Crippen molar-refractivity contribution >= 4 is 27.3 Å². The van der Waals surface area contributed by atoms with Crippen LogP contribution in [0.15, 0.2) is 62.9 Å². The Labute approximate surface area is 181 Å². The SMILES string of the molecule is Cc1ccccc1-c1nc(S(=O)(=O)c2ccc(Cl)cc2)c(N2CC(C)OC(C)C2)o1. The van der Waals surface area contributed by atoms with Gasteiger partial charge in [-0.2, -0.15) is 4.98 Å². The van der Waals surface area contributed by atoms with E-state index < -0.39 is 9.84 Å². The Morgan fingerprint density at radius 1 is 1.03 bits per heavy atom.